The van der Waals surface area contributed by atoms with Crippen LogP contribution in [0.15, 0.2) is 12.1 Å². The van der Waals surface area contributed by atoms with Crippen molar-refractivity contribution in [2.45, 2.75) is 32.7 Å². The quantitative estimate of drug-likeness (QED) is 0.746. The molecule has 1 atom stereocenters. The molecule has 6 heteroatoms. The van der Waals surface area contributed by atoms with Gasteiger partial charge in [-0.05, 0) is 32.4 Å². The summed E-state index contributed by atoms with van der Waals surface area (Å²) in [7, 11) is 0. The van der Waals surface area contributed by atoms with E-state index >= 15 is 0 Å². The molecule has 100 valence electrons. The predicted octanol–water partition coefficient (Wildman–Crippen LogP) is 0.233. The van der Waals surface area contributed by atoms with Gasteiger partial charge >= 0.3 is 0 Å². The van der Waals surface area contributed by atoms with Crippen LogP contribution in [0.5, 0.6) is 0 Å². The van der Waals surface area contributed by atoms with E-state index < -0.39 is 11.9 Å². The number of nitrogens with one attached hydrogen (secondary N) is 2. The first-order valence-corrected chi connectivity index (χ1v) is 6.06. The zero-order chi connectivity index (χ0) is 14.0. The van der Waals surface area contributed by atoms with Crippen molar-refractivity contribution in [3.8, 4) is 0 Å². The summed E-state index contributed by atoms with van der Waals surface area (Å²) in [4.78, 5) is 38.8. The number of pyridine rings is 1. The van der Waals surface area contributed by atoms with Gasteiger partial charge in [0.15, 0.2) is 0 Å². The molecule has 1 saturated heterocycles. The fourth-order valence-electron chi connectivity index (χ4n) is 1.99. The number of hydrogen-bond acceptors (Lipinski definition) is 4. The molecular weight excluding hydrogens is 246 g/mol. The van der Waals surface area contributed by atoms with Gasteiger partial charge in [-0.2, -0.15) is 0 Å². The zero-order valence-corrected chi connectivity index (χ0v) is 10.8. The lowest BCUT2D eigenvalue weighted by Gasteiger charge is -2.22. The number of nitrogens with zero attached hydrogens (tertiary/aromatic N) is 1. The number of piperidine rings is 1. The SMILES string of the molecule is Cc1ccc(C(=O)NC2CCC(=O)NC2=O)c(C)n1. The lowest BCUT2D eigenvalue weighted by molar-refractivity contribution is -0.134. The van der Waals surface area contributed by atoms with Crippen molar-refractivity contribution in [1.29, 1.82) is 0 Å². The third-order valence-electron chi connectivity index (χ3n) is 3.01. The number of amides is 3. The van der Waals surface area contributed by atoms with Crippen LogP contribution in [0, 0.1) is 13.8 Å². The highest BCUT2D eigenvalue weighted by molar-refractivity contribution is 6.04. The standard InChI is InChI=1S/C13H15N3O3/c1-7-3-4-9(8(2)14-7)12(18)15-10-5-6-11(17)16-13(10)19/h3-4,10H,5-6H2,1-2H3,(H,15,18)(H,16,17,19). The van der Waals surface area contributed by atoms with Crippen molar-refractivity contribution in [2.24, 2.45) is 0 Å². The van der Waals surface area contributed by atoms with Crippen molar-refractivity contribution >= 4 is 17.7 Å². The molecule has 2 heterocycles. The second-order valence-corrected chi connectivity index (χ2v) is 4.56. The molecule has 2 N–H and O–H groups in total. The molecule has 1 aliphatic heterocycles. The van der Waals surface area contributed by atoms with Crippen LogP contribution in [-0.4, -0.2) is 28.7 Å². The van der Waals surface area contributed by atoms with Crippen molar-refractivity contribution in [2.75, 3.05) is 0 Å². The molecule has 0 spiro atoms. The van der Waals surface area contributed by atoms with E-state index in [-0.39, 0.29) is 18.2 Å². The summed E-state index contributed by atoms with van der Waals surface area (Å²) in [6.45, 7) is 3.58. The van der Waals surface area contributed by atoms with E-state index in [1.165, 1.54) is 0 Å². The van der Waals surface area contributed by atoms with Gasteiger partial charge in [-0.25, -0.2) is 0 Å². The number of aromatic nitrogens is 1. The van der Waals surface area contributed by atoms with E-state index in [1.54, 1.807) is 19.1 Å². The zero-order valence-electron chi connectivity index (χ0n) is 10.8. The molecule has 0 aromatic carbocycles. The molecule has 0 bridgehead atoms. The van der Waals surface area contributed by atoms with Gasteiger partial charge in [-0.3, -0.25) is 24.7 Å². The Balaban J connectivity index is 2.09. The molecule has 1 unspecified atom stereocenters. The first kappa shape index (κ1) is 13.2. The second-order valence-electron chi connectivity index (χ2n) is 4.56. The Bertz CT molecular complexity index is 554. The fourth-order valence-corrected chi connectivity index (χ4v) is 1.99. The summed E-state index contributed by atoms with van der Waals surface area (Å²) in [6.07, 6.45) is 0.566. The molecule has 1 aromatic heterocycles. The van der Waals surface area contributed by atoms with E-state index in [2.05, 4.69) is 15.6 Å². The number of aryl methyl sites for hydroxylation is 2. The topological polar surface area (TPSA) is 88.2 Å². The maximum atomic E-state index is 12.1. The van der Waals surface area contributed by atoms with Crippen LogP contribution in [0.4, 0.5) is 0 Å². The van der Waals surface area contributed by atoms with E-state index in [0.29, 0.717) is 17.7 Å². The number of hydrogen-bond donors (Lipinski definition) is 2. The van der Waals surface area contributed by atoms with Gasteiger partial charge in [0.25, 0.3) is 5.91 Å². The first-order chi connectivity index (χ1) is 8.97. The van der Waals surface area contributed by atoms with Gasteiger partial charge in [-0.1, -0.05) is 0 Å². The van der Waals surface area contributed by atoms with Crippen LogP contribution in [0.2, 0.25) is 0 Å². The van der Waals surface area contributed by atoms with Crippen LogP contribution in [0.3, 0.4) is 0 Å². The molecule has 2 rings (SSSR count). The van der Waals surface area contributed by atoms with Gasteiger partial charge in [0.05, 0.1) is 11.3 Å². The van der Waals surface area contributed by atoms with Crippen molar-refractivity contribution in [3.05, 3.63) is 29.1 Å². The van der Waals surface area contributed by atoms with E-state index in [1.807, 2.05) is 6.92 Å². The van der Waals surface area contributed by atoms with Crippen molar-refractivity contribution in [1.82, 2.24) is 15.6 Å². The monoisotopic (exact) mass is 261 g/mol. The second kappa shape index (κ2) is 5.17. The summed E-state index contributed by atoms with van der Waals surface area (Å²) < 4.78 is 0. The highest BCUT2D eigenvalue weighted by Crippen LogP contribution is 2.09. The first-order valence-electron chi connectivity index (χ1n) is 6.06. The number of carbonyl (C=O) groups is 3. The fraction of sp³-hybridized carbons (Fsp3) is 0.385. The van der Waals surface area contributed by atoms with Gasteiger partial charge in [0, 0.05) is 12.1 Å². The number of imide groups is 1. The maximum Gasteiger partial charge on any atom is 0.253 e. The molecule has 1 aromatic rings. The maximum absolute atomic E-state index is 12.1. The van der Waals surface area contributed by atoms with Gasteiger partial charge in [-0.15, -0.1) is 0 Å². The predicted molar refractivity (Wildman–Crippen MR) is 67.3 cm³/mol. The Morgan fingerprint density at radius 2 is 2.11 bits per heavy atom. The van der Waals surface area contributed by atoms with Crippen LogP contribution in [-0.2, 0) is 9.59 Å². The minimum Gasteiger partial charge on any atom is -0.340 e. The summed E-state index contributed by atoms with van der Waals surface area (Å²) in [5.74, 6) is -1.11. The summed E-state index contributed by atoms with van der Waals surface area (Å²) in [6, 6.07) is 2.76. The van der Waals surface area contributed by atoms with E-state index in [9.17, 15) is 14.4 Å². The van der Waals surface area contributed by atoms with Crippen LogP contribution < -0.4 is 10.6 Å². The van der Waals surface area contributed by atoms with Gasteiger partial charge in [0.2, 0.25) is 11.8 Å². The third kappa shape index (κ3) is 2.96. The van der Waals surface area contributed by atoms with E-state index in [4.69, 9.17) is 0 Å². The molecule has 1 fully saturated rings. The largest absolute Gasteiger partial charge is 0.340 e. The Morgan fingerprint density at radius 3 is 2.74 bits per heavy atom. The smallest absolute Gasteiger partial charge is 0.253 e. The summed E-state index contributed by atoms with van der Waals surface area (Å²) in [5.41, 5.74) is 1.88. The van der Waals surface area contributed by atoms with Crippen molar-refractivity contribution in [3.63, 3.8) is 0 Å². The molecule has 19 heavy (non-hydrogen) atoms. The minimum atomic E-state index is -0.661. The van der Waals surface area contributed by atoms with Crippen LogP contribution >= 0.6 is 0 Å². The van der Waals surface area contributed by atoms with Gasteiger partial charge in [0.1, 0.15) is 6.04 Å². The Morgan fingerprint density at radius 1 is 1.37 bits per heavy atom. The van der Waals surface area contributed by atoms with Crippen LogP contribution in [0.1, 0.15) is 34.6 Å². The molecule has 3 amide bonds. The Kier molecular flexibility index (Phi) is 3.59. The van der Waals surface area contributed by atoms with Crippen LogP contribution in [0.25, 0.3) is 0 Å². The lowest BCUT2D eigenvalue weighted by Crippen LogP contribution is -2.52. The summed E-state index contributed by atoms with van der Waals surface area (Å²) in [5, 5.41) is 4.82. The molecule has 0 saturated carbocycles. The van der Waals surface area contributed by atoms with Crippen molar-refractivity contribution < 1.29 is 14.4 Å². The number of rotatable bonds is 2. The minimum absolute atomic E-state index is 0.238. The third-order valence-corrected chi connectivity index (χ3v) is 3.01. The lowest BCUT2D eigenvalue weighted by atomic mass is 10.1. The van der Waals surface area contributed by atoms with Gasteiger partial charge < -0.3 is 5.32 Å². The molecular formula is C13H15N3O3. The summed E-state index contributed by atoms with van der Waals surface area (Å²) >= 11 is 0. The highest BCUT2D eigenvalue weighted by atomic mass is 16.2. The Hall–Kier alpha value is -2.24. The molecule has 1 aliphatic rings. The molecule has 0 radical (unpaired) electrons. The average molecular weight is 261 g/mol. The highest BCUT2D eigenvalue weighted by Gasteiger charge is 2.28. The van der Waals surface area contributed by atoms with E-state index in [0.717, 1.165) is 5.69 Å². The molecule has 0 aliphatic carbocycles. The molecule has 6 nitrogen and oxygen atoms in total. The Labute approximate surface area is 110 Å². The average Bonchev–Trinajstić information content (AvgIpc) is 2.32. The number of carbonyl (C=O) groups excluding carboxylic acids is 3. The normalized spacial score (nSPS) is 18.9.